The minimum atomic E-state index is -0.587. The Kier molecular flexibility index (Phi) is 6.20. The molecule has 0 unspecified atom stereocenters. The first-order valence-corrected chi connectivity index (χ1v) is 9.29. The van der Waals surface area contributed by atoms with E-state index < -0.39 is 5.97 Å². The van der Waals surface area contributed by atoms with Crippen LogP contribution in [0.25, 0.3) is 6.08 Å². The van der Waals surface area contributed by atoms with Crippen LogP contribution in [0.15, 0.2) is 78.0 Å². The van der Waals surface area contributed by atoms with Crippen molar-refractivity contribution in [3.63, 3.8) is 0 Å². The number of methoxy groups -OCH3 is 1. The van der Waals surface area contributed by atoms with Gasteiger partial charge >= 0.3 is 5.97 Å². The molecule has 0 aromatic heterocycles. The number of hydrogen-bond donors (Lipinski definition) is 0. The molecule has 29 heavy (non-hydrogen) atoms. The van der Waals surface area contributed by atoms with Crippen molar-refractivity contribution in [1.82, 2.24) is 0 Å². The zero-order chi connectivity index (χ0) is 21.0. The van der Waals surface area contributed by atoms with Gasteiger partial charge in [0.05, 0.1) is 29.0 Å². The molecule has 0 saturated carbocycles. The quantitative estimate of drug-likeness (QED) is 0.391. The van der Waals surface area contributed by atoms with Crippen molar-refractivity contribution in [1.29, 1.82) is 0 Å². The lowest BCUT2D eigenvalue weighted by Crippen LogP contribution is -2.24. The predicted molar refractivity (Wildman–Crippen MR) is 114 cm³/mol. The topological polar surface area (TPSA) is 55.8 Å². The first-order chi connectivity index (χ1) is 14.0. The average molecular weight is 410 g/mol. The number of carbonyl (C=O) groups excluding carboxylic acids is 2. The maximum Gasteiger partial charge on any atom is 0.340 e. The van der Waals surface area contributed by atoms with E-state index in [2.05, 4.69) is 6.58 Å². The molecule has 0 N–H and O–H groups in total. The molecule has 0 atom stereocenters. The van der Waals surface area contributed by atoms with Crippen LogP contribution in [-0.2, 0) is 14.3 Å². The van der Waals surface area contributed by atoms with Gasteiger partial charge in [0.25, 0.3) is 5.91 Å². The molecule has 6 heteroatoms. The molecule has 2 aromatic carbocycles. The number of ether oxygens (including phenoxy) is 2. The summed E-state index contributed by atoms with van der Waals surface area (Å²) in [6.45, 7) is 5.69. The Morgan fingerprint density at radius 2 is 1.97 bits per heavy atom. The molecule has 2 aromatic rings. The number of anilines is 1. The second-order valence-electron chi connectivity index (χ2n) is 6.27. The first-order valence-electron chi connectivity index (χ1n) is 8.92. The zero-order valence-electron chi connectivity index (χ0n) is 16.1. The van der Waals surface area contributed by atoms with Gasteiger partial charge in [-0.1, -0.05) is 48.5 Å². The fourth-order valence-electron chi connectivity index (χ4n) is 3.12. The molecular weight excluding hydrogens is 390 g/mol. The third-order valence-electron chi connectivity index (χ3n) is 4.42. The molecule has 1 aliphatic heterocycles. The fourth-order valence-corrected chi connectivity index (χ4v) is 3.34. The zero-order valence-corrected chi connectivity index (χ0v) is 16.9. The highest BCUT2D eigenvalue weighted by Gasteiger charge is 2.38. The standard InChI is InChI=1S/C23H20ClNO4/c1-4-12-29-17-9-7-8-16(13-17)14-18-21(23(27)28-3)15(2)25(22(18)26)20-11-6-5-10-19(20)24/h4-11,13-14H,1,12H2,2-3H3/b18-14-. The van der Waals surface area contributed by atoms with Gasteiger partial charge in [0.1, 0.15) is 12.4 Å². The maximum atomic E-state index is 13.3. The molecule has 0 spiro atoms. The molecule has 0 saturated heterocycles. The van der Waals surface area contributed by atoms with Crippen molar-refractivity contribution in [2.24, 2.45) is 0 Å². The van der Waals surface area contributed by atoms with Crippen molar-refractivity contribution >= 4 is 35.2 Å². The summed E-state index contributed by atoms with van der Waals surface area (Å²) < 4.78 is 10.5. The van der Waals surface area contributed by atoms with Gasteiger partial charge in [-0.15, -0.1) is 0 Å². The minimum Gasteiger partial charge on any atom is -0.490 e. The second-order valence-corrected chi connectivity index (χ2v) is 6.68. The number of carbonyl (C=O) groups is 2. The number of benzene rings is 2. The number of nitrogens with zero attached hydrogens (tertiary/aromatic N) is 1. The molecule has 3 rings (SSSR count). The van der Waals surface area contributed by atoms with Crippen LogP contribution in [0.2, 0.25) is 5.02 Å². The Morgan fingerprint density at radius 1 is 1.21 bits per heavy atom. The molecule has 1 aliphatic rings. The summed E-state index contributed by atoms with van der Waals surface area (Å²) in [5.41, 5.74) is 2.11. The molecule has 0 radical (unpaired) electrons. The number of hydrogen-bond acceptors (Lipinski definition) is 4. The summed E-state index contributed by atoms with van der Waals surface area (Å²) in [7, 11) is 1.28. The van der Waals surface area contributed by atoms with Crippen molar-refractivity contribution < 1.29 is 19.1 Å². The van der Waals surface area contributed by atoms with E-state index in [4.69, 9.17) is 21.1 Å². The van der Waals surface area contributed by atoms with Crippen LogP contribution in [0.1, 0.15) is 12.5 Å². The van der Waals surface area contributed by atoms with E-state index >= 15 is 0 Å². The lowest BCUT2D eigenvalue weighted by molar-refractivity contribution is -0.136. The summed E-state index contributed by atoms with van der Waals surface area (Å²) in [5, 5.41) is 0.408. The van der Waals surface area contributed by atoms with Gasteiger partial charge in [-0.05, 0) is 42.8 Å². The van der Waals surface area contributed by atoms with Crippen LogP contribution in [0.5, 0.6) is 5.75 Å². The molecule has 0 fully saturated rings. The van der Waals surface area contributed by atoms with Gasteiger partial charge in [-0.25, -0.2) is 4.79 Å². The third-order valence-corrected chi connectivity index (χ3v) is 4.74. The number of amides is 1. The molecule has 0 aliphatic carbocycles. The van der Waals surface area contributed by atoms with E-state index in [0.717, 1.165) is 0 Å². The van der Waals surface area contributed by atoms with Crippen LogP contribution >= 0.6 is 11.6 Å². The Hall–Kier alpha value is -3.31. The van der Waals surface area contributed by atoms with Crippen LogP contribution in [0.3, 0.4) is 0 Å². The molecular formula is C23H20ClNO4. The number of allylic oxidation sites excluding steroid dienone is 1. The van der Waals surface area contributed by atoms with Crippen LogP contribution < -0.4 is 9.64 Å². The monoisotopic (exact) mass is 409 g/mol. The summed E-state index contributed by atoms with van der Waals surface area (Å²) in [6, 6.07) is 14.2. The SMILES string of the molecule is C=CCOc1cccc(/C=C2\C(=O)N(c3ccccc3Cl)C(C)=C2C(=O)OC)c1. The van der Waals surface area contributed by atoms with Gasteiger partial charge in [0.15, 0.2) is 0 Å². The van der Waals surface area contributed by atoms with Crippen LogP contribution in [-0.4, -0.2) is 25.6 Å². The van der Waals surface area contributed by atoms with E-state index in [1.54, 1.807) is 55.5 Å². The number of rotatable bonds is 6. The summed E-state index contributed by atoms with van der Waals surface area (Å²) in [6.07, 6.45) is 3.30. The van der Waals surface area contributed by atoms with Crippen LogP contribution in [0.4, 0.5) is 5.69 Å². The van der Waals surface area contributed by atoms with E-state index in [0.29, 0.717) is 34.3 Å². The van der Waals surface area contributed by atoms with Gasteiger partial charge in [-0.2, -0.15) is 0 Å². The van der Waals surface area contributed by atoms with Gasteiger partial charge in [0.2, 0.25) is 0 Å². The van der Waals surface area contributed by atoms with Crippen molar-refractivity contribution in [3.05, 3.63) is 88.6 Å². The van der Waals surface area contributed by atoms with Crippen molar-refractivity contribution in [2.75, 3.05) is 18.6 Å². The predicted octanol–water partition coefficient (Wildman–Crippen LogP) is 4.78. The third kappa shape index (κ3) is 4.10. The van der Waals surface area contributed by atoms with E-state index in [1.165, 1.54) is 12.0 Å². The highest BCUT2D eigenvalue weighted by Crippen LogP contribution is 2.38. The van der Waals surface area contributed by atoms with Crippen molar-refractivity contribution in [2.45, 2.75) is 6.92 Å². The Morgan fingerprint density at radius 3 is 2.66 bits per heavy atom. The summed E-state index contributed by atoms with van der Waals surface area (Å²) >= 11 is 6.30. The van der Waals surface area contributed by atoms with E-state index in [-0.39, 0.29) is 17.1 Å². The number of para-hydroxylation sites is 1. The lowest BCUT2D eigenvalue weighted by atomic mass is 10.0. The Bertz CT molecular complexity index is 1040. The first kappa shape index (κ1) is 20.4. The van der Waals surface area contributed by atoms with E-state index in [1.807, 2.05) is 12.1 Å². The highest BCUT2D eigenvalue weighted by atomic mass is 35.5. The summed E-state index contributed by atoms with van der Waals surface area (Å²) in [5.74, 6) is -0.308. The lowest BCUT2D eigenvalue weighted by Gasteiger charge is -2.19. The molecule has 1 amide bonds. The normalized spacial score (nSPS) is 15.1. The van der Waals surface area contributed by atoms with Crippen LogP contribution in [0, 0.1) is 0 Å². The fraction of sp³-hybridized carbons (Fsp3) is 0.130. The Labute approximate surface area is 174 Å². The van der Waals surface area contributed by atoms with Gasteiger partial charge in [-0.3, -0.25) is 9.69 Å². The molecule has 1 heterocycles. The second kappa shape index (κ2) is 8.80. The molecule has 5 nitrogen and oxygen atoms in total. The minimum absolute atomic E-state index is 0.204. The smallest absolute Gasteiger partial charge is 0.340 e. The average Bonchev–Trinajstić information content (AvgIpc) is 2.96. The highest BCUT2D eigenvalue weighted by molar-refractivity contribution is 6.35. The molecule has 148 valence electrons. The maximum absolute atomic E-state index is 13.3. The van der Waals surface area contributed by atoms with Crippen molar-refractivity contribution in [3.8, 4) is 5.75 Å². The van der Waals surface area contributed by atoms with Gasteiger partial charge in [0, 0.05) is 5.70 Å². The number of esters is 1. The van der Waals surface area contributed by atoms with Gasteiger partial charge < -0.3 is 9.47 Å². The molecule has 0 bridgehead atoms. The summed E-state index contributed by atoms with van der Waals surface area (Å²) in [4.78, 5) is 27.2. The largest absolute Gasteiger partial charge is 0.490 e. The Balaban J connectivity index is 2.09. The number of halogens is 1. The van der Waals surface area contributed by atoms with E-state index in [9.17, 15) is 9.59 Å².